The summed E-state index contributed by atoms with van der Waals surface area (Å²) in [5.74, 6) is 0. The summed E-state index contributed by atoms with van der Waals surface area (Å²) in [6.07, 6.45) is 2.20. The van der Waals surface area contributed by atoms with Gasteiger partial charge in [-0.1, -0.05) is 0 Å². The van der Waals surface area contributed by atoms with Crippen LogP contribution in [0.4, 0.5) is 5.69 Å². The maximum atomic E-state index is 5.01. The fourth-order valence-electron chi connectivity index (χ4n) is 1.45. The second-order valence-electron chi connectivity index (χ2n) is 3.73. The first kappa shape index (κ1) is 14.0. The van der Waals surface area contributed by atoms with Crippen molar-refractivity contribution in [1.29, 1.82) is 0 Å². The smallest absolute Gasteiger partial charge is 0.0629 e. The lowest BCUT2D eigenvalue weighted by molar-refractivity contribution is 0.194. The molecule has 4 heteroatoms. The molecule has 0 saturated heterocycles. The van der Waals surface area contributed by atoms with Crippen LogP contribution in [-0.4, -0.2) is 20.3 Å². The number of rotatable bonds is 6. The number of unbranched alkanes of at least 4 members (excludes halogenated alkanes) is 1. The van der Waals surface area contributed by atoms with E-state index in [-0.39, 0.29) is 0 Å². The van der Waals surface area contributed by atoms with Crippen molar-refractivity contribution >= 4 is 37.5 Å². The topological polar surface area (TPSA) is 21.3 Å². The third-order valence-electron chi connectivity index (χ3n) is 2.26. The van der Waals surface area contributed by atoms with E-state index in [0.29, 0.717) is 0 Å². The molecule has 1 aromatic rings. The molecule has 0 bridgehead atoms. The van der Waals surface area contributed by atoms with E-state index in [1.54, 1.807) is 7.11 Å². The van der Waals surface area contributed by atoms with Crippen LogP contribution in [0, 0.1) is 6.92 Å². The van der Waals surface area contributed by atoms with Gasteiger partial charge in [-0.2, -0.15) is 0 Å². The van der Waals surface area contributed by atoms with Gasteiger partial charge in [-0.25, -0.2) is 0 Å². The van der Waals surface area contributed by atoms with E-state index in [1.165, 1.54) is 5.56 Å². The van der Waals surface area contributed by atoms with Crippen LogP contribution in [0.1, 0.15) is 18.4 Å². The number of methoxy groups -OCH3 is 1. The highest BCUT2D eigenvalue weighted by Crippen LogP contribution is 2.32. The van der Waals surface area contributed by atoms with Crippen molar-refractivity contribution in [2.75, 3.05) is 25.6 Å². The number of ether oxygens (including phenoxy) is 1. The number of anilines is 1. The quantitative estimate of drug-likeness (QED) is 0.769. The summed E-state index contributed by atoms with van der Waals surface area (Å²) >= 11 is 7.13. The molecule has 0 radical (unpaired) electrons. The van der Waals surface area contributed by atoms with Crippen LogP contribution in [0.2, 0.25) is 0 Å². The molecule has 1 N–H and O–H groups in total. The Labute approximate surface area is 114 Å². The fraction of sp³-hybridized carbons (Fsp3) is 0.500. The Morgan fingerprint density at radius 1 is 1.19 bits per heavy atom. The average Bonchev–Trinajstić information content (AvgIpc) is 2.20. The lowest BCUT2D eigenvalue weighted by Crippen LogP contribution is -2.04. The van der Waals surface area contributed by atoms with Gasteiger partial charge in [-0.3, -0.25) is 0 Å². The molecule has 0 unspecified atom stereocenters. The van der Waals surface area contributed by atoms with Gasteiger partial charge in [0.1, 0.15) is 0 Å². The van der Waals surface area contributed by atoms with Crippen LogP contribution in [-0.2, 0) is 4.74 Å². The molecule has 16 heavy (non-hydrogen) atoms. The van der Waals surface area contributed by atoms with Gasteiger partial charge in [0.25, 0.3) is 0 Å². The van der Waals surface area contributed by atoms with Crippen LogP contribution in [0.3, 0.4) is 0 Å². The maximum absolute atomic E-state index is 5.01. The lowest BCUT2D eigenvalue weighted by atomic mass is 10.2. The van der Waals surface area contributed by atoms with Crippen molar-refractivity contribution in [1.82, 2.24) is 0 Å². The highest BCUT2D eigenvalue weighted by molar-refractivity contribution is 9.11. The molecular weight excluding hydrogens is 334 g/mol. The monoisotopic (exact) mass is 349 g/mol. The average molecular weight is 351 g/mol. The maximum Gasteiger partial charge on any atom is 0.0629 e. The van der Waals surface area contributed by atoms with Crippen LogP contribution >= 0.6 is 31.9 Å². The predicted octanol–water partition coefficient (Wildman–Crippen LogP) is 4.36. The molecule has 0 atom stereocenters. The summed E-state index contributed by atoms with van der Waals surface area (Å²) in [4.78, 5) is 0. The van der Waals surface area contributed by atoms with Gasteiger partial charge in [-0.05, 0) is 69.3 Å². The highest BCUT2D eigenvalue weighted by atomic mass is 79.9. The lowest BCUT2D eigenvalue weighted by Gasteiger charge is -2.11. The van der Waals surface area contributed by atoms with Gasteiger partial charge >= 0.3 is 0 Å². The van der Waals surface area contributed by atoms with Crippen molar-refractivity contribution in [2.45, 2.75) is 19.8 Å². The Hall–Kier alpha value is -0.0600. The molecule has 0 amide bonds. The van der Waals surface area contributed by atoms with Crippen LogP contribution in [0.25, 0.3) is 0 Å². The van der Waals surface area contributed by atoms with Gasteiger partial charge in [0.15, 0.2) is 0 Å². The van der Waals surface area contributed by atoms with E-state index in [1.807, 2.05) is 0 Å². The molecule has 0 aromatic heterocycles. The van der Waals surface area contributed by atoms with Crippen LogP contribution in [0.15, 0.2) is 21.1 Å². The van der Waals surface area contributed by atoms with Crippen molar-refractivity contribution in [3.63, 3.8) is 0 Å². The molecule has 0 saturated carbocycles. The molecule has 0 spiro atoms. The zero-order chi connectivity index (χ0) is 12.0. The van der Waals surface area contributed by atoms with E-state index >= 15 is 0 Å². The minimum absolute atomic E-state index is 0.831. The van der Waals surface area contributed by atoms with Crippen molar-refractivity contribution in [2.24, 2.45) is 0 Å². The summed E-state index contributed by atoms with van der Waals surface area (Å²) in [5.41, 5.74) is 2.37. The first-order chi connectivity index (χ1) is 7.65. The molecule has 1 aromatic carbocycles. The van der Waals surface area contributed by atoms with E-state index in [9.17, 15) is 0 Å². The third-order valence-corrected chi connectivity index (χ3v) is 3.51. The molecule has 0 aliphatic carbocycles. The molecule has 0 fully saturated rings. The van der Waals surface area contributed by atoms with E-state index in [2.05, 4.69) is 56.2 Å². The van der Waals surface area contributed by atoms with Gasteiger partial charge in [0.2, 0.25) is 0 Å². The summed E-state index contributed by atoms with van der Waals surface area (Å²) in [6.45, 7) is 3.87. The number of nitrogens with one attached hydrogen (secondary N) is 1. The minimum Gasteiger partial charge on any atom is -0.385 e. The number of hydrogen-bond donors (Lipinski definition) is 1. The molecule has 1 rings (SSSR count). The van der Waals surface area contributed by atoms with Crippen molar-refractivity contribution < 1.29 is 4.74 Å². The van der Waals surface area contributed by atoms with Gasteiger partial charge in [0, 0.05) is 29.2 Å². The zero-order valence-corrected chi connectivity index (χ0v) is 12.8. The molecule has 2 nitrogen and oxygen atoms in total. The van der Waals surface area contributed by atoms with E-state index in [0.717, 1.165) is 40.6 Å². The molecule has 0 aliphatic rings. The van der Waals surface area contributed by atoms with Crippen molar-refractivity contribution in [3.8, 4) is 0 Å². The SMILES string of the molecule is COCCCCNc1c(Br)cc(C)cc1Br. The zero-order valence-electron chi connectivity index (χ0n) is 9.65. The summed E-state index contributed by atoms with van der Waals surface area (Å²) < 4.78 is 7.22. The molecular formula is C12H17Br2NO. The second-order valence-corrected chi connectivity index (χ2v) is 5.44. The molecule has 90 valence electrons. The summed E-state index contributed by atoms with van der Waals surface area (Å²) in [7, 11) is 1.74. The first-order valence-corrected chi connectivity index (χ1v) is 6.92. The Morgan fingerprint density at radius 3 is 2.38 bits per heavy atom. The fourth-order valence-corrected chi connectivity index (χ4v) is 3.15. The first-order valence-electron chi connectivity index (χ1n) is 5.33. The van der Waals surface area contributed by atoms with Crippen molar-refractivity contribution in [3.05, 3.63) is 26.6 Å². The Kier molecular flexibility index (Phi) is 6.39. The highest BCUT2D eigenvalue weighted by Gasteiger charge is 2.04. The summed E-state index contributed by atoms with van der Waals surface area (Å²) in [6, 6.07) is 4.23. The van der Waals surface area contributed by atoms with E-state index < -0.39 is 0 Å². The largest absolute Gasteiger partial charge is 0.385 e. The molecule has 0 aliphatic heterocycles. The third kappa shape index (κ3) is 4.44. The Bertz CT molecular complexity index is 319. The second kappa shape index (κ2) is 7.30. The van der Waals surface area contributed by atoms with Gasteiger partial charge < -0.3 is 10.1 Å². The Balaban J connectivity index is 2.47. The van der Waals surface area contributed by atoms with Gasteiger partial charge in [-0.15, -0.1) is 0 Å². The van der Waals surface area contributed by atoms with Gasteiger partial charge in [0.05, 0.1) is 5.69 Å². The summed E-state index contributed by atoms with van der Waals surface area (Å²) in [5, 5.41) is 3.42. The predicted molar refractivity (Wildman–Crippen MR) is 76.2 cm³/mol. The number of benzene rings is 1. The number of hydrogen-bond acceptors (Lipinski definition) is 2. The normalized spacial score (nSPS) is 10.5. The minimum atomic E-state index is 0.831. The standard InChI is InChI=1S/C12H17Br2NO/c1-9-7-10(13)12(11(14)8-9)15-5-3-4-6-16-2/h7-8,15H,3-6H2,1-2H3. The number of aryl methyl sites for hydroxylation is 1. The van der Waals surface area contributed by atoms with Crippen LogP contribution in [0.5, 0.6) is 0 Å². The van der Waals surface area contributed by atoms with Crippen LogP contribution < -0.4 is 5.32 Å². The number of halogens is 2. The molecule has 0 heterocycles. The van der Waals surface area contributed by atoms with E-state index in [4.69, 9.17) is 4.74 Å². The Morgan fingerprint density at radius 2 is 1.81 bits per heavy atom.